The van der Waals surface area contributed by atoms with Crippen LogP contribution in [0.15, 0.2) is 29.6 Å². The molecule has 20 heavy (non-hydrogen) atoms. The van der Waals surface area contributed by atoms with Gasteiger partial charge in [0.25, 0.3) is 0 Å². The summed E-state index contributed by atoms with van der Waals surface area (Å²) < 4.78 is 0. The van der Waals surface area contributed by atoms with Crippen LogP contribution in [0.1, 0.15) is 28.8 Å². The molecule has 0 amide bonds. The smallest absolute Gasteiger partial charge is 0.107 e. The fraction of sp³-hybridized carbons (Fsp3) is 0.438. The first-order valence-corrected chi connectivity index (χ1v) is 7.94. The van der Waals surface area contributed by atoms with Gasteiger partial charge in [-0.3, -0.25) is 4.90 Å². The van der Waals surface area contributed by atoms with Gasteiger partial charge in [0.1, 0.15) is 5.01 Å². The van der Waals surface area contributed by atoms with Crippen molar-refractivity contribution in [2.75, 3.05) is 13.6 Å². The van der Waals surface area contributed by atoms with Crippen molar-refractivity contribution in [2.45, 2.75) is 33.5 Å². The van der Waals surface area contributed by atoms with Crippen molar-refractivity contribution in [1.82, 2.24) is 15.2 Å². The van der Waals surface area contributed by atoms with Crippen molar-refractivity contribution in [1.29, 1.82) is 0 Å². The molecule has 4 heteroatoms. The monoisotopic (exact) mass is 289 g/mol. The summed E-state index contributed by atoms with van der Waals surface area (Å²) in [5, 5.41) is 6.65. The van der Waals surface area contributed by atoms with Crippen LogP contribution in [0, 0.1) is 6.92 Å². The van der Waals surface area contributed by atoms with Crippen molar-refractivity contribution in [3.8, 4) is 0 Å². The highest BCUT2D eigenvalue weighted by molar-refractivity contribution is 7.09. The summed E-state index contributed by atoms with van der Waals surface area (Å²) in [6.07, 6.45) is 0. The van der Waals surface area contributed by atoms with Gasteiger partial charge in [-0.15, -0.1) is 11.3 Å². The summed E-state index contributed by atoms with van der Waals surface area (Å²) in [4.78, 5) is 6.98. The Morgan fingerprint density at radius 1 is 1.25 bits per heavy atom. The summed E-state index contributed by atoms with van der Waals surface area (Å²) in [5.41, 5.74) is 3.91. The minimum absolute atomic E-state index is 0.878. The van der Waals surface area contributed by atoms with Crippen molar-refractivity contribution in [3.05, 3.63) is 51.5 Å². The standard InChI is InChI=1S/C16H23N3S/c1-4-17-9-16-18-15(12-20-16)11-19(3)10-14-8-6-5-7-13(14)2/h5-8,12,17H,4,9-11H2,1-3H3. The van der Waals surface area contributed by atoms with Crippen LogP contribution in [0.5, 0.6) is 0 Å². The van der Waals surface area contributed by atoms with Crippen LogP contribution in [0.2, 0.25) is 0 Å². The summed E-state index contributed by atoms with van der Waals surface area (Å²) in [6, 6.07) is 8.56. The van der Waals surface area contributed by atoms with Crippen molar-refractivity contribution in [3.63, 3.8) is 0 Å². The highest BCUT2D eigenvalue weighted by Gasteiger charge is 2.07. The quantitative estimate of drug-likeness (QED) is 0.848. The van der Waals surface area contributed by atoms with Crippen LogP contribution < -0.4 is 5.32 Å². The Morgan fingerprint density at radius 2 is 2.05 bits per heavy atom. The van der Waals surface area contributed by atoms with E-state index in [2.05, 4.69) is 65.7 Å². The molecule has 0 saturated heterocycles. The highest BCUT2D eigenvalue weighted by Crippen LogP contribution is 2.14. The summed E-state index contributed by atoms with van der Waals surface area (Å²) in [5.74, 6) is 0. The van der Waals surface area contributed by atoms with E-state index in [0.29, 0.717) is 0 Å². The van der Waals surface area contributed by atoms with Crippen LogP contribution in [0.25, 0.3) is 0 Å². The molecule has 2 rings (SSSR count). The average Bonchev–Trinajstić information content (AvgIpc) is 2.86. The Labute approximate surface area is 125 Å². The molecule has 3 nitrogen and oxygen atoms in total. The van der Waals surface area contributed by atoms with E-state index in [1.807, 2.05) is 0 Å². The maximum Gasteiger partial charge on any atom is 0.107 e. The van der Waals surface area contributed by atoms with E-state index in [1.165, 1.54) is 21.8 Å². The fourth-order valence-electron chi connectivity index (χ4n) is 2.15. The van der Waals surface area contributed by atoms with E-state index in [-0.39, 0.29) is 0 Å². The third-order valence-electron chi connectivity index (χ3n) is 3.26. The second-order valence-electron chi connectivity index (χ2n) is 5.11. The molecule has 0 unspecified atom stereocenters. The summed E-state index contributed by atoms with van der Waals surface area (Å²) in [6.45, 7) is 8.01. The third kappa shape index (κ3) is 4.40. The van der Waals surface area contributed by atoms with E-state index < -0.39 is 0 Å². The maximum absolute atomic E-state index is 4.67. The average molecular weight is 289 g/mol. The molecule has 0 aliphatic rings. The number of rotatable bonds is 7. The lowest BCUT2D eigenvalue weighted by atomic mass is 10.1. The van der Waals surface area contributed by atoms with Gasteiger partial charge in [-0.1, -0.05) is 31.2 Å². The number of aryl methyl sites for hydroxylation is 1. The summed E-state index contributed by atoms with van der Waals surface area (Å²) >= 11 is 1.74. The van der Waals surface area contributed by atoms with E-state index in [0.717, 1.165) is 26.2 Å². The predicted molar refractivity (Wildman–Crippen MR) is 85.8 cm³/mol. The lowest BCUT2D eigenvalue weighted by molar-refractivity contribution is 0.315. The Bertz CT molecular complexity index is 536. The predicted octanol–water partition coefficient (Wildman–Crippen LogP) is 3.19. The molecule has 0 bridgehead atoms. The first-order chi connectivity index (χ1) is 9.69. The molecule has 0 radical (unpaired) electrons. The van der Waals surface area contributed by atoms with Crippen LogP contribution >= 0.6 is 11.3 Å². The van der Waals surface area contributed by atoms with Gasteiger partial charge >= 0.3 is 0 Å². The van der Waals surface area contributed by atoms with Gasteiger partial charge in [0, 0.05) is 25.0 Å². The minimum atomic E-state index is 0.878. The second-order valence-corrected chi connectivity index (χ2v) is 6.05. The maximum atomic E-state index is 4.67. The first-order valence-electron chi connectivity index (χ1n) is 7.06. The van der Waals surface area contributed by atoms with Crippen molar-refractivity contribution < 1.29 is 0 Å². The summed E-state index contributed by atoms with van der Waals surface area (Å²) in [7, 11) is 2.15. The molecular weight excluding hydrogens is 266 g/mol. The topological polar surface area (TPSA) is 28.2 Å². The number of nitrogens with zero attached hydrogens (tertiary/aromatic N) is 2. The molecule has 0 aliphatic heterocycles. The largest absolute Gasteiger partial charge is 0.311 e. The van der Waals surface area contributed by atoms with Gasteiger partial charge in [-0.2, -0.15) is 0 Å². The Morgan fingerprint density at radius 3 is 2.80 bits per heavy atom. The number of thiazole rings is 1. The number of hydrogen-bond donors (Lipinski definition) is 1. The number of hydrogen-bond acceptors (Lipinski definition) is 4. The fourth-order valence-corrected chi connectivity index (χ4v) is 2.90. The van der Waals surface area contributed by atoms with Gasteiger partial charge in [0.05, 0.1) is 5.69 Å². The molecule has 0 atom stereocenters. The van der Waals surface area contributed by atoms with Crippen molar-refractivity contribution in [2.24, 2.45) is 0 Å². The third-order valence-corrected chi connectivity index (χ3v) is 4.16. The zero-order valence-electron chi connectivity index (χ0n) is 12.5. The Hall–Kier alpha value is -1.23. The Balaban J connectivity index is 1.89. The van der Waals surface area contributed by atoms with Crippen molar-refractivity contribution >= 4 is 11.3 Å². The van der Waals surface area contributed by atoms with Crippen LogP contribution in [-0.4, -0.2) is 23.5 Å². The van der Waals surface area contributed by atoms with Gasteiger partial charge in [-0.05, 0) is 31.6 Å². The molecule has 1 aromatic carbocycles. The molecular formula is C16H23N3S. The second kappa shape index (κ2) is 7.53. The van der Waals surface area contributed by atoms with Crippen LogP contribution in [0.3, 0.4) is 0 Å². The lowest BCUT2D eigenvalue weighted by Gasteiger charge is -2.16. The van der Waals surface area contributed by atoms with E-state index >= 15 is 0 Å². The van der Waals surface area contributed by atoms with Gasteiger partial charge in [0.2, 0.25) is 0 Å². The SMILES string of the molecule is CCNCc1nc(CN(C)Cc2ccccc2C)cs1. The molecule has 0 fully saturated rings. The molecule has 1 aromatic heterocycles. The zero-order chi connectivity index (χ0) is 14.4. The van der Waals surface area contributed by atoms with Gasteiger partial charge in [0.15, 0.2) is 0 Å². The van der Waals surface area contributed by atoms with E-state index in [4.69, 9.17) is 0 Å². The normalized spacial score (nSPS) is 11.2. The highest BCUT2D eigenvalue weighted by atomic mass is 32.1. The van der Waals surface area contributed by atoms with E-state index in [1.54, 1.807) is 11.3 Å². The first kappa shape index (κ1) is 15.2. The number of aromatic nitrogens is 1. The lowest BCUT2D eigenvalue weighted by Crippen LogP contribution is -2.18. The molecule has 0 saturated carbocycles. The molecule has 0 spiro atoms. The molecule has 1 N–H and O–H groups in total. The van der Waals surface area contributed by atoms with Crippen LogP contribution in [-0.2, 0) is 19.6 Å². The van der Waals surface area contributed by atoms with Crippen LogP contribution in [0.4, 0.5) is 0 Å². The van der Waals surface area contributed by atoms with Gasteiger partial charge < -0.3 is 5.32 Å². The molecule has 2 aromatic rings. The Kier molecular flexibility index (Phi) is 5.71. The number of nitrogens with one attached hydrogen (secondary N) is 1. The zero-order valence-corrected chi connectivity index (χ0v) is 13.3. The molecule has 108 valence electrons. The molecule has 1 heterocycles. The molecule has 0 aliphatic carbocycles. The van der Waals surface area contributed by atoms with E-state index in [9.17, 15) is 0 Å². The number of benzene rings is 1. The van der Waals surface area contributed by atoms with Gasteiger partial charge in [-0.25, -0.2) is 4.98 Å². The minimum Gasteiger partial charge on any atom is -0.311 e.